The zero-order chi connectivity index (χ0) is 12.9. The van der Waals surface area contributed by atoms with Crippen molar-refractivity contribution < 1.29 is 9.50 Å². The fraction of sp³-hybridized carbons (Fsp3) is 0.538. The van der Waals surface area contributed by atoms with Crippen LogP contribution in [0.15, 0.2) is 18.2 Å². The van der Waals surface area contributed by atoms with E-state index in [1.807, 2.05) is 0 Å². The third-order valence-electron chi connectivity index (χ3n) is 2.82. The second-order valence-corrected chi connectivity index (χ2v) is 5.05. The van der Waals surface area contributed by atoms with E-state index in [-0.39, 0.29) is 17.7 Å². The van der Waals surface area contributed by atoms with Gasteiger partial charge in [-0.2, -0.15) is 0 Å². The van der Waals surface area contributed by atoms with E-state index in [1.54, 1.807) is 12.1 Å². The fourth-order valence-electron chi connectivity index (χ4n) is 1.67. The normalized spacial score (nSPS) is 11.5. The number of benzene rings is 1. The topological polar surface area (TPSA) is 58.3 Å². The van der Waals surface area contributed by atoms with Crippen molar-refractivity contribution in [2.24, 2.45) is 5.41 Å². The summed E-state index contributed by atoms with van der Waals surface area (Å²) in [6, 6.07) is 4.74. The number of halogens is 1. The van der Waals surface area contributed by atoms with E-state index in [0.717, 1.165) is 12.8 Å². The SMILES string of the molecule is CC(C)(CCCO)CNc1cccc(F)c1N. The summed E-state index contributed by atoms with van der Waals surface area (Å²) in [6.07, 6.45) is 1.68. The fourth-order valence-corrected chi connectivity index (χ4v) is 1.67. The van der Waals surface area contributed by atoms with Crippen molar-refractivity contribution in [1.82, 2.24) is 0 Å². The molecule has 0 aliphatic rings. The third kappa shape index (κ3) is 4.23. The van der Waals surface area contributed by atoms with E-state index in [4.69, 9.17) is 10.8 Å². The molecule has 0 atom stereocenters. The van der Waals surface area contributed by atoms with E-state index >= 15 is 0 Å². The van der Waals surface area contributed by atoms with Gasteiger partial charge in [-0.3, -0.25) is 0 Å². The lowest BCUT2D eigenvalue weighted by Gasteiger charge is -2.25. The highest BCUT2D eigenvalue weighted by Crippen LogP contribution is 2.26. The van der Waals surface area contributed by atoms with Gasteiger partial charge in [0.2, 0.25) is 0 Å². The van der Waals surface area contributed by atoms with Crippen molar-refractivity contribution in [3.63, 3.8) is 0 Å². The Hall–Kier alpha value is -1.29. The van der Waals surface area contributed by atoms with Crippen molar-refractivity contribution in [3.8, 4) is 0 Å². The minimum atomic E-state index is -0.400. The minimum Gasteiger partial charge on any atom is -0.396 e. The molecule has 0 bridgehead atoms. The van der Waals surface area contributed by atoms with Crippen LogP contribution in [0.3, 0.4) is 0 Å². The van der Waals surface area contributed by atoms with Crippen LogP contribution in [-0.2, 0) is 0 Å². The van der Waals surface area contributed by atoms with E-state index < -0.39 is 5.82 Å². The predicted molar refractivity (Wildman–Crippen MR) is 69.4 cm³/mol. The van der Waals surface area contributed by atoms with E-state index in [2.05, 4.69) is 19.2 Å². The molecule has 96 valence electrons. The van der Waals surface area contributed by atoms with Gasteiger partial charge in [-0.15, -0.1) is 0 Å². The van der Waals surface area contributed by atoms with Crippen LogP contribution in [-0.4, -0.2) is 18.3 Å². The van der Waals surface area contributed by atoms with Gasteiger partial charge in [0.15, 0.2) is 0 Å². The highest BCUT2D eigenvalue weighted by Gasteiger charge is 2.17. The molecule has 0 aromatic heterocycles. The average Bonchev–Trinajstić information content (AvgIpc) is 2.29. The lowest BCUT2D eigenvalue weighted by molar-refractivity contribution is 0.248. The monoisotopic (exact) mass is 240 g/mol. The summed E-state index contributed by atoms with van der Waals surface area (Å²) in [7, 11) is 0. The minimum absolute atomic E-state index is 0.0431. The number of aliphatic hydroxyl groups is 1. The van der Waals surface area contributed by atoms with E-state index in [9.17, 15) is 4.39 Å². The smallest absolute Gasteiger partial charge is 0.148 e. The Balaban J connectivity index is 2.58. The van der Waals surface area contributed by atoms with Gasteiger partial charge in [0, 0.05) is 13.2 Å². The molecular weight excluding hydrogens is 219 g/mol. The lowest BCUT2D eigenvalue weighted by Crippen LogP contribution is -2.23. The molecule has 4 heteroatoms. The number of aliphatic hydroxyl groups excluding tert-OH is 1. The van der Waals surface area contributed by atoms with Gasteiger partial charge in [-0.1, -0.05) is 19.9 Å². The van der Waals surface area contributed by atoms with E-state index in [1.165, 1.54) is 6.07 Å². The van der Waals surface area contributed by atoms with Crippen molar-refractivity contribution in [3.05, 3.63) is 24.0 Å². The van der Waals surface area contributed by atoms with E-state index in [0.29, 0.717) is 12.2 Å². The molecule has 0 amide bonds. The number of hydrogen-bond acceptors (Lipinski definition) is 3. The highest BCUT2D eigenvalue weighted by atomic mass is 19.1. The average molecular weight is 240 g/mol. The number of para-hydroxylation sites is 1. The van der Waals surface area contributed by atoms with Gasteiger partial charge in [0.25, 0.3) is 0 Å². The zero-order valence-electron chi connectivity index (χ0n) is 10.5. The Morgan fingerprint density at radius 2 is 2.12 bits per heavy atom. The molecule has 0 saturated carbocycles. The molecule has 1 aromatic carbocycles. The quantitative estimate of drug-likeness (QED) is 0.670. The van der Waals surface area contributed by atoms with Crippen LogP contribution in [0.4, 0.5) is 15.8 Å². The molecule has 1 aromatic rings. The summed E-state index contributed by atoms with van der Waals surface area (Å²) in [5, 5.41) is 12.0. The predicted octanol–water partition coefficient (Wildman–Crippen LogP) is 2.62. The highest BCUT2D eigenvalue weighted by molar-refractivity contribution is 5.66. The number of nitrogens with two attached hydrogens (primary N) is 1. The lowest BCUT2D eigenvalue weighted by atomic mass is 9.88. The van der Waals surface area contributed by atoms with Crippen LogP contribution in [0.25, 0.3) is 0 Å². The summed E-state index contributed by atoms with van der Waals surface area (Å²) >= 11 is 0. The van der Waals surface area contributed by atoms with Gasteiger partial charge >= 0.3 is 0 Å². The first kappa shape index (κ1) is 13.8. The first-order chi connectivity index (χ1) is 7.96. The summed E-state index contributed by atoms with van der Waals surface area (Å²) in [6.45, 7) is 5.10. The molecule has 0 radical (unpaired) electrons. The van der Waals surface area contributed by atoms with Gasteiger partial charge in [-0.05, 0) is 30.4 Å². The summed E-state index contributed by atoms with van der Waals surface area (Å²) < 4.78 is 13.2. The Kier molecular flexibility index (Phi) is 4.75. The molecule has 0 heterocycles. The van der Waals surface area contributed by atoms with Crippen molar-refractivity contribution in [1.29, 1.82) is 0 Å². The van der Waals surface area contributed by atoms with Crippen LogP contribution in [0, 0.1) is 11.2 Å². The Bertz CT molecular complexity index is 366. The summed E-state index contributed by atoms with van der Waals surface area (Å²) in [5.74, 6) is -0.400. The molecule has 0 unspecified atom stereocenters. The van der Waals surface area contributed by atoms with Crippen LogP contribution in [0.2, 0.25) is 0 Å². The molecule has 1 rings (SSSR count). The Morgan fingerprint density at radius 3 is 2.76 bits per heavy atom. The molecular formula is C13H21FN2O. The largest absolute Gasteiger partial charge is 0.396 e. The van der Waals surface area contributed by atoms with Crippen LogP contribution in [0.5, 0.6) is 0 Å². The maximum atomic E-state index is 13.2. The Morgan fingerprint density at radius 1 is 1.41 bits per heavy atom. The molecule has 0 fully saturated rings. The molecule has 0 aliphatic carbocycles. The van der Waals surface area contributed by atoms with Crippen LogP contribution in [0.1, 0.15) is 26.7 Å². The molecule has 4 N–H and O–H groups in total. The zero-order valence-corrected chi connectivity index (χ0v) is 10.5. The van der Waals surface area contributed by atoms with Crippen molar-refractivity contribution in [2.75, 3.05) is 24.2 Å². The number of nitrogen functional groups attached to an aromatic ring is 1. The maximum absolute atomic E-state index is 13.2. The second kappa shape index (κ2) is 5.87. The Labute approximate surface area is 102 Å². The number of anilines is 2. The van der Waals surface area contributed by atoms with Gasteiger partial charge in [-0.25, -0.2) is 4.39 Å². The summed E-state index contributed by atoms with van der Waals surface area (Å²) in [5.41, 5.74) is 6.46. The second-order valence-electron chi connectivity index (χ2n) is 5.05. The standard InChI is InChI=1S/C13H21FN2O/c1-13(2,7-4-8-17)9-16-11-6-3-5-10(14)12(11)15/h3,5-6,16-17H,4,7-9,15H2,1-2H3. The van der Waals surface area contributed by atoms with Crippen LogP contribution >= 0.6 is 0 Å². The first-order valence-electron chi connectivity index (χ1n) is 5.85. The van der Waals surface area contributed by atoms with Gasteiger partial charge in [0.1, 0.15) is 5.82 Å². The number of hydrogen-bond donors (Lipinski definition) is 3. The molecule has 0 aliphatic heterocycles. The molecule has 0 spiro atoms. The third-order valence-corrected chi connectivity index (χ3v) is 2.82. The summed E-state index contributed by atoms with van der Waals surface area (Å²) in [4.78, 5) is 0. The maximum Gasteiger partial charge on any atom is 0.148 e. The van der Waals surface area contributed by atoms with Gasteiger partial charge in [0.05, 0.1) is 11.4 Å². The van der Waals surface area contributed by atoms with Crippen molar-refractivity contribution >= 4 is 11.4 Å². The number of nitrogens with one attached hydrogen (secondary N) is 1. The van der Waals surface area contributed by atoms with Crippen LogP contribution < -0.4 is 11.1 Å². The molecule has 17 heavy (non-hydrogen) atoms. The molecule has 3 nitrogen and oxygen atoms in total. The van der Waals surface area contributed by atoms with Gasteiger partial charge < -0.3 is 16.2 Å². The molecule has 0 saturated heterocycles. The van der Waals surface area contributed by atoms with Crippen molar-refractivity contribution in [2.45, 2.75) is 26.7 Å². The number of rotatable bonds is 6. The first-order valence-corrected chi connectivity index (χ1v) is 5.85.